The molecule has 1 aliphatic heterocycles. The molecule has 4 nitrogen and oxygen atoms in total. The molecule has 0 spiro atoms. The van der Waals surface area contributed by atoms with Crippen LogP contribution in [0.25, 0.3) is 0 Å². The second-order valence-corrected chi connectivity index (χ2v) is 6.71. The number of halogens is 1. The summed E-state index contributed by atoms with van der Waals surface area (Å²) in [5.74, 6) is -0.184. The van der Waals surface area contributed by atoms with Crippen LogP contribution in [0.4, 0.5) is 0 Å². The van der Waals surface area contributed by atoms with E-state index in [4.69, 9.17) is 10.5 Å². The molecule has 0 saturated carbocycles. The van der Waals surface area contributed by atoms with Crippen molar-refractivity contribution in [2.45, 2.75) is 37.8 Å². The molecular weight excluding hydrogens is 320 g/mol. The average molecular weight is 341 g/mol. The number of ether oxygens (including phenoxy) is 1. The number of hydrogen-bond acceptors (Lipinski definition) is 3. The zero-order chi connectivity index (χ0) is 14.8. The first-order valence-corrected chi connectivity index (χ1v) is 7.60. The highest BCUT2D eigenvalue weighted by Crippen LogP contribution is 2.25. The van der Waals surface area contributed by atoms with Crippen molar-refractivity contribution in [1.29, 1.82) is 0 Å². The van der Waals surface area contributed by atoms with Gasteiger partial charge in [-0.15, -0.1) is 0 Å². The van der Waals surface area contributed by atoms with Crippen LogP contribution in [-0.2, 0) is 15.1 Å². The third-order valence-corrected chi connectivity index (χ3v) is 4.37. The average Bonchev–Trinajstić information content (AvgIpc) is 2.84. The van der Waals surface area contributed by atoms with Crippen LogP contribution in [-0.4, -0.2) is 24.7 Å². The lowest BCUT2D eigenvalue weighted by molar-refractivity contribution is -0.127. The van der Waals surface area contributed by atoms with Crippen LogP contribution in [0.5, 0.6) is 0 Å². The van der Waals surface area contributed by atoms with Gasteiger partial charge in [0.25, 0.3) is 0 Å². The fourth-order valence-electron chi connectivity index (χ4n) is 2.35. The monoisotopic (exact) mass is 340 g/mol. The van der Waals surface area contributed by atoms with E-state index in [1.54, 1.807) is 6.92 Å². The molecule has 110 valence electrons. The van der Waals surface area contributed by atoms with Crippen LogP contribution >= 0.6 is 15.9 Å². The summed E-state index contributed by atoms with van der Waals surface area (Å²) in [5.41, 5.74) is 5.67. The van der Waals surface area contributed by atoms with Crippen LogP contribution in [0.1, 0.15) is 32.3 Å². The Morgan fingerprint density at radius 3 is 2.70 bits per heavy atom. The van der Waals surface area contributed by atoms with Crippen molar-refractivity contribution in [2.24, 2.45) is 5.73 Å². The lowest BCUT2D eigenvalue weighted by Gasteiger charge is -2.28. The van der Waals surface area contributed by atoms with Crippen molar-refractivity contribution in [3.8, 4) is 0 Å². The summed E-state index contributed by atoms with van der Waals surface area (Å²) in [7, 11) is 0. The number of hydrogen-bond donors (Lipinski definition) is 2. The van der Waals surface area contributed by atoms with E-state index in [1.807, 2.05) is 31.2 Å². The Labute approximate surface area is 128 Å². The fraction of sp³-hybridized carbons (Fsp3) is 0.533. The van der Waals surface area contributed by atoms with Crippen LogP contribution in [0, 0.1) is 0 Å². The van der Waals surface area contributed by atoms with Gasteiger partial charge in [-0.05, 0) is 44.4 Å². The van der Waals surface area contributed by atoms with Crippen molar-refractivity contribution in [1.82, 2.24) is 5.32 Å². The minimum Gasteiger partial charge on any atom is -0.373 e. The van der Waals surface area contributed by atoms with E-state index in [2.05, 4.69) is 21.2 Å². The molecule has 1 saturated heterocycles. The Morgan fingerprint density at radius 1 is 1.50 bits per heavy atom. The summed E-state index contributed by atoms with van der Waals surface area (Å²) in [4.78, 5) is 12.3. The third-order valence-electron chi connectivity index (χ3n) is 3.84. The Morgan fingerprint density at radius 2 is 2.15 bits per heavy atom. The maximum Gasteiger partial charge on any atom is 0.244 e. The summed E-state index contributed by atoms with van der Waals surface area (Å²) in [6.45, 7) is 5.01. The summed E-state index contributed by atoms with van der Waals surface area (Å²) >= 11 is 3.37. The molecule has 1 aromatic carbocycles. The molecule has 1 aromatic rings. The Kier molecular flexibility index (Phi) is 4.52. The standard InChI is InChI=1S/C15H21BrN2O2/c1-14(8-3-9-20-14)10-18-13(19)15(2,17)11-4-6-12(16)7-5-11/h4-7H,3,8-10,17H2,1-2H3,(H,18,19). The lowest BCUT2D eigenvalue weighted by Crippen LogP contribution is -2.52. The first-order valence-electron chi connectivity index (χ1n) is 6.81. The van der Waals surface area contributed by atoms with Crippen LogP contribution in [0.2, 0.25) is 0 Å². The normalized spacial score (nSPS) is 25.2. The maximum absolute atomic E-state index is 12.3. The number of carbonyl (C=O) groups is 1. The molecule has 2 unspecified atom stereocenters. The van der Waals surface area contributed by atoms with Crippen molar-refractivity contribution >= 4 is 21.8 Å². The van der Waals surface area contributed by atoms with E-state index >= 15 is 0 Å². The Bertz CT molecular complexity index is 479. The van der Waals surface area contributed by atoms with Crippen molar-refractivity contribution in [3.05, 3.63) is 34.3 Å². The highest BCUT2D eigenvalue weighted by atomic mass is 79.9. The molecule has 0 radical (unpaired) electrons. The number of rotatable bonds is 4. The molecular formula is C15H21BrN2O2. The predicted molar refractivity (Wildman–Crippen MR) is 82.3 cm³/mol. The molecule has 20 heavy (non-hydrogen) atoms. The molecule has 1 fully saturated rings. The van der Waals surface area contributed by atoms with E-state index in [-0.39, 0.29) is 11.5 Å². The quantitative estimate of drug-likeness (QED) is 0.883. The number of nitrogens with one attached hydrogen (secondary N) is 1. The number of benzene rings is 1. The summed E-state index contributed by atoms with van der Waals surface area (Å²) in [5, 5.41) is 2.92. The largest absolute Gasteiger partial charge is 0.373 e. The van der Waals surface area contributed by atoms with Crippen LogP contribution in [0.3, 0.4) is 0 Å². The van der Waals surface area contributed by atoms with Gasteiger partial charge in [0.15, 0.2) is 0 Å². The number of carbonyl (C=O) groups excluding carboxylic acids is 1. The molecule has 1 amide bonds. The van der Waals surface area contributed by atoms with Gasteiger partial charge < -0.3 is 15.8 Å². The van der Waals surface area contributed by atoms with Gasteiger partial charge in [-0.1, -0.05) is 28.1 Å². The summed E-state index contributed by atoms with van der Waals surface area (Å²) in [6, 6.07) is 7.49. The number of nitrogens with two attached hydrogens (primary N) is 1. The van der Waals surface area contributed by atoms with Gasteiger partial charge in [-0.3, -0.25) is 4.79 Å². The SMILES string of the molecule is CC1(CNC(=O)C(C)(N)c2ccc(Br)cc2)CCCO1. The molecule has 0 bridgehead atoms. The first-order chi connectivity index (χ1) is 9.33. The third kappa shape index (κ3) is 3.40. The number of amides is 1. The Balaban J connectivity index is 2.01. The molecule has 1 heterocycles. The smallest absolute Gasteiger partial charge is 0.244 e. The van der Waals surface area contributed by atoms with Crippen molar-refractivity contribution in [3.63, 3.8) is 0 Å². The molecule has 3 N–H and O–H groups in total. The molecule has 5 heteroatoms. The fourth-order valence-corrected chi connectivity index (χ4v) is 2.62. The van der Waals surface area contributed by atoms with Gasteiger partial charge in [-0.25, -0.2) is 0 Å². The van der Waals surface area contributed by atoms with E-state index in [9.17, 15) is 4.79 Å². The van der Waals surface area contributed by atoms with Crippen LogP contribution in [0.15, 0.2) is 28.7 Å². The zero-order valence-electron chi connectivity index (χ0n) is 11.9. The molecule has 1 aliphatic rings. The maximum atomic E-state index is 12.3. The van der Waals surface area contributed by atoms with E-state index in [0.29, 0.717) is 6.54 Å². The van der Waals surface area contributed by atoms with E-state index in [1.165, 1.54) is 0 Å². The summed E-state index contributed by atoms with van der Waals surface area (Å²) < 4.78 is 6.63. The molecule has 2 rings (SSSR count). The van der Waals surface area contributed by atoms with Gasteiger partial charge in [0, 0.05) is 17.6 Å². The van der Waals surface area contributed by atoms with Gasteiger partial charge in [0.2, 0.25) is 5.91 Å². The van der Waals surface area contributed by atoms with Gasteiger partial charge in [0.05, 0.1) is 5.60 Å². The minimum atomic E-state index is -1.05. The molecule has 0 aliphatic carbocycles. The predicted octanol–water partition coefficient (Wildman–Crippen LogP) is 2.31. The van der Waals surface area contributed by atoms with Crippen molar-refractivity contribution in [2.75, 3.05) is 13.2 Å². The van der Waals surface area contributed by atoms with E-state index in [0.717, 1.165) is 29.5 Å². The van der Waals surface area contributed by atoms with Crippen molar-refractivity contribution < 1.29 is 9.53 Å². The topological polar surface area (TPSA) is 64.4 Å². The highest BCUT2D eigenvalue weighted by molar-refractivity contribution is 9.10. The van der Waals surface area contributed by atoms with Gasteiger partial charge >= 0.3 is 0 Å². The molecule has 2 atom stereocenters. The van der Waals surface area contributed by atoms with Crippen LogP contribution < -0.4 is 11.1 Å². The first kappa shape index (κ1) is 15.5. The van der Waals surface area contributed by atoms with Gasteiger partial charge in [-0.2, -0.15) is 0 Å². The van der Waals surface area contributed by atoms with E-state index < -0.39 is 5.54 Å². The highest BCUT2D eigenvalue weighted by Gasteiger charge is 2.34. The van der Waals surface area contributed by atoms with Gasteiger partial charge in [0.1, 0.15) is 5.54 Å². The Hall–Kier alpha value is -0.910. The second-order valence-electron chi connectivity index (χ2n) is 5.79. The minimum absolute atomic E-state index is 0.184. The lowest BCUT2D eigenvalue weighted by atomic mass is 9.92. The molecule has 0 aromatic heterocycles. The zero-order valence-corrected chi connectivity index (χ0v) is 13.5. The summed E-state index contributed by atoms with van der Waals surface area (Å²) in [6.07, 6.45) is 2.01. The second kappa shape index (κ2) is 5.84.